The van der Waals surface area contributed by atoms with E-state index in [9.17, 15) is 18.0 Å². The molecular weight excluding hydrogens is 627 g/mol. The Labute approximate surface area is 268 Å². The third-order valence-corrected chi connectivity index (χ3v) is 7.21. The Balaban J connectivity index is 1.91. The van der Waals surface area contributed by atoms with E-state index in [2.05, 4.69) is 27.6 Å². The van der Waals surface area contributed by atoms with Gasteiger partial charge in [0.2, 0.25) is 0 Å². The van der Waals surface area contributed by atoms with Crippen LogP contribution >= 0.6 is 23.2 Å². The van der Waals surface area contributed by atoms with Gasteiger partial charge in [0.25, 0.3) is 5.91 Å². The maximum atomic E-state index is 13.3. The van der Waals surface area contributed by atoms with Gasteiger partial charge in [0.15, 0.2) is 15.5 Å². The highest BCUT2D eigenvalue weighted by molar-refractivity contribution is 7.91. The van der Waals surface area contributed by atoms with Crippen LogP contribution in [-0.2, 0) is 19.3 Å². The summed E-state index contributed by atoms with van der Waals surface area (Å²) < 4.78 is 38.2. The number of carbonyl (C=O) groups is 2. The Morgan fingerprint density at radius 2 is 1.68 bits per heavy atom. The zero-order valence-corrected chi connectivity index (χ0v) is 28.0. The normalized spacial score (nSPS) is 11.8. The Morgan fingerprint density at radius 3 is 2.25 bits per heavy atom. The lowest BCUT2D eigenvalue weighted by molar-refractivity contribution is 0.0506. The van der Waals surface area contributed by atoms with E-state index in [1.165, 1.54) is 4.68 Å². The van der Waals surface area contributed by atoms with Crippen LogP contribution in [0, 0.1) is 11.8 Å². The summed E-state index contributed by atoms with van der Waals surface area (Å²) in [7, 11) is -3.95. The van der Waals surface area contributed by atoms with E-state index in [1.807, 2.05) is 0 Å². The van der Waals surface area contributed by atoms with E-state index in [1.54, 1.807) is 84.0 Å². The number of carbonyl (C=O) groups excluding carboxylic acids is 2. The highest BCUT2D eigenvalue weighted by Gasteiger charge is 2.33. The van der Waals surface area contributed by atoms with Crippen molar-refractivity contribution in [3.8, 4) is 28.8 Å². The smallest absolute Gasteiger partial charge is 0.407 e. The van der Waals surface area contributed by atoms with Crippen LogP contribution in [0.2, 0.25) is 10.0 Å². The van der Waals surface area contributed by atoms with Gasteiger partial charge in [-0.1, -0.05) is 47.2 Å². The van der Waals surface area contributed by atoms with Gasteiger partial charge in [0, 0.05) is 34.5 Å². The number of nitrogens with zero attached hydrogens (tertiary/aromatic N) is 2. The SMILES string of the molecule is CC(C)(C)NC(=O)c1nn(-c2ccc(C#CCOCCNC(=O)OC(C)(C)C)cc2Cl)c(-c2ccc(Cl)cc2)c1S(C)(=O)=O. The van der Waals surface area contributed by atoms with E-state index < -0.39 is 33.0 Å². The standard InChI is InChI=1S/C31H36Cl2N4O6S/c1-30(2,3)35-28(38)25-27(44(7,40)41)26(21-11-13-22(32)14-12-21)37(36-25)24-15-10-20(19-23(24)33)9-8-17-42-18-16-34-29(39)43-31(4,5)6/h10-15,19H,16-18H2,1-7H3,(H,34,39)(H,35,38). The Hall–Kier alpha value is -3.56. The minimum atomic E-state index is -3.95. The monoisotopic (exact) mass is 662 g/mol. The second-order valence-electron chi connectivity index (χ2n) is 11.9. The molecule has 0 radical (unpaired) electrons. The summed E-state index contributed by atoms with van der Waals surface area (Å²) in [4.78, 5) is 24.7. The lowest BCUT2D eigenvalue weighted by Gasteiger charge is -2.19. The first-order valence-corrected chi connectivity index (χ1v) is 16.3. The molecule has 0 aliphatic heterocycles. The molecule has 0 saturated heterocycles. The lowest BCUT2D eigenvalue weighted by atomic mass is 10.1. The van der Waals surface area contributed by atoms with Gasteiger partial charge in [-0.2, -0.15) is 5.10 Å². The van der Waals surface area contributed by atoms with Gasteiger partial charge in [-0.3, -0.25) is 4.79 Å². The molecule has 0 aliphatic carbocycles. The molecule has 1 heterocycles. The highest BCUT2D eigenvalue weighted by atomic mass is 35.5. The molecule has 0 saturated carbocycles. The van der Waals surface area contributed by atoms with E-state index in [0.29, 0.717) is 21.8 Å². The number of hydrogen-bond donors (Lipinski definition) is 2. The molecule has 13 heteroatoms. The van der Waals surface area contributed by atoms with Crippen LogP contribution in [0.1, 0.15) is 57.6 Å². The summed E-state index contributed by atoms with van der Waals surface area (Å²) in [6, 6.07) is 11.5. The zero-order valence-electron chi connectivity index (χ0n) is 25.7. The molecule has 3 rings (SSSR count). The molecule has 0 fully saturated rings. The molecule has 2 amide bonds. The fourth-order valence-electron chi connectivity index (χ4n) is 3.90. The Bertz CT molecular complexity index is 1690. The average molecular weight is 664 g/mol. The maximum absolute atomic E-state index is 13.3. The van der Waals surface area contributed by atoms with Gasteiger partial charge in [0.1, 0.15) is 17.1 Å². The first kappa shape index (κ1) is 34.9. The minimum absolute atomic E-state index is 0.110. The molecule has 1 aromatic heterocycles. The third kappa shape index (κ3) is 9.99. The topological polar surface area (TPSA) is 129 Å². The highest BCUT2D eigenvalue weighted by Crippen LogP contribution is 2.35. The first-order chi connectivity index (χ1) is 20.4. The molecular formula is C31H36Cl2N4O6S. The number of sulfone groups is 1. The van der Waals surface area contributed by atoms with Crippen molar-refractivity contribution in [3.63, 3.8) is 0 Å². The van der Waals surface area contributed by atoms with Crippen LogP contribution in [0.25, 0.3) is 16.9 Å². The molecule has 0 bridgehead atoms. The molecule has 0 aliphatic rings. The van der Waals surface area contributed by atoms with Gasteiger partial charge < -0.3 is 20.1 Å². The van der Waals surface area contributed by atoms with Crippen LogP contribution in [0.4, 0.5) is 4.79 Å². The van der Waals surface area contributed by atoms with Gasteiger partial charge in [-0.25, -0.2) is 17.9 Å². The minimum Gasteiger partial charge on any atom is -0.444 e. The number of hydrogen-bond acceptors (Lipinski definition) is 7. The predicted octanol–water partition coefficient (Wildman–Crippen LogP) is 5.67. The van der Waals surface area contributed by atoms with Gasteiger partial charge in [-0.15, -0.1) is 0 Å². The second-order valence-corrected chi connectivity index (χ2v) is 14.7. The molecule has 0 atom stereocenters. The van der Waals surface area contributed by atoms with Crippen molar-refractivity contribution in [3.05, 3.63) is 63.8 Å². The largest absolute Gasteiger partial charge is 0.444 e. The van der Waals surface area contributed by atoms with Crippen molar-refractivity contribution in [2.45, 2.75) is 57.6 Å². The zero-order chi connectivity index (χ0) is 32.9. The summed E-state index contributed by atoms with van der Waals surface area (Å²) in [6.07, 6.45) is 0.501. The van der Waals surface area contributed by atoms with Crippen molar-refractivity contribution in [2.24, 2.45) is 0 Å². The van der Waals surface area contributed by atoms with Crippen molar-refractivity contribution < 1.29 is 27.5 Å². The van der Waals surface area contributed by atoms with Crippen LogP contribution in [0.5, 0.6) is 0 Å². The van der Waals surface area contributed by atoms with Gasteiger partial charge in [-0.05, 0) is 71.9 Å². The fraction of sp³-hybridized carbons (Fsp3) is 0.387. The second kappa shape index (κ2) is 14.0. The third-order valence-electron chi connectivity index (χ3n) is 5.53. The number of aromatic nitrogens is 2. The Morgan fingerprint density at radius 1 is 1.02 bits per heavy atom. The Kier molecular flexibility index (Phi) is 11.1. The van der Waals surface area contributed by atoms with Crippen LogP contribution < -0.4 is 10.6 Å². The van der Waals surface area contributed by atoms with Crippen LogP contribution in [-0.4, -0.2) is 67.4 Å². The van der Waals surface area contributed by atoms with Gasteiger partial charge in [0.05, 0.1) is 23.0 Å². The predicted molar refractivity (Wildman–Crippen MR) is 171 cm³/mol. The van der Waals surface area contributed by atoms with E-state index in [0.717, 1.165) is 6.26 Å². The molecule has 236 valence electrons. The summed E-state index contributed by atoms with van der Waals surface area (Å²) in [5, 5.41) is 10.5. The summed E-state index contributed by atoms with van der Waals surface area (Å²) >= 11 is 12.8. The summed E-state index contributed by atoms with van der Waals surface area (Å²) in [5.74, 6) is 5.19. The van der Waals surface area contributed by atoms with Crippen molar-refractivity contribution >= 4 is 45.0 Å². The van der Waals surface area contributed by atoms with E-state index in [-0.39, 0.29) is 41.1 Å². The molecule has 2 N–H and O–H groups in total. The molecule has 44 heavy (non-hydrogen) atoms. The first-order valence-electron chi connectivity index (χ1n) is 13.6. The number of ether oxygens (including phenoxy) is 2. The van der Waals surface area contributed by atoms with E-state index in [4.69, 9.17) is 32.7 Å². The number of nitrogens with one attached hydrogen (secondary N) is 2. The van der Waals surface area contributed by atoms with E-state index >= 15 is 0 Å². The number of halogens is 2. The summed E-state index contributed by atoms with van der Waals surface area (Å²) in [5.41, 5.74) is 0.0567. The molecule has 0 unspecified atom stereocenters. The van der Waals surface area contributed by atoms with Gasteiger partial charge >= 0.3 is 6.09 Å². The maximum Gasteiger partial charge on any atom is 0.407 e. The lowest BCUT2D eigenvalue weighted by Crippen LogP contribution is -2.41. The van der Waals surface area contributed by atoms with Crippen LogP contribution in [0.3, 0.4) is 0 Å². The number of amides is 2. The number of alkyl carbamates (subject to hydrolysis) is 1. The summed E-state index contributed by atoms with van der Waals surface area (Å²) in [6.45, 7) is 11.3. The van der Waals surface area contributed by atoms with Crippen molar-refractivity contribution in [1.82, 2.24) is 20.4 Å². The molecule has 2 aromatic carbocycles. The molecule has 10 nitrogen and oxygen atoms in total. The molecule has 3 aromatic rings. The molecule has 0 spiro atoms. The van der Waals surface area contributed by atoms with Crippen molar-refractivity contribution in [2.75, 3.05) is 26.0 Å². The van der Waals surface area contributed by atoms with Crippen LogP contribution in [0.15, 0.2) is 47.4 Å². The number of benzene rings is 2. The van der Waals surface area contributed by atoms with Crippen molar-refractivity contribution in [1.29, 1.82) is 0 Å². The fourth-order valence-corrected chi connectivity index (χ4v) is 5.32. The quantitative estimate of drug-likeness (QED) is 0.235. The average Bonchev–Trinajstić information content (AvgIpc) is 3.28. The number of rotatable bonds is 8.